The first-order valence-corrected chi connectivity index (χ1v) is 7.20. The zero-order valence-corrected chi connectivity index (χ0v) is 12.6. The lowest BCUT2D eigenvalue weighted by Crippen LogP contribution is -2.38. The number of nitrogens with zero attached hydrogens (tertiary/aromatic N) is 2. The summed E-state index contributed by atoms with van der Waals surface area (Å²) in [6.45, 7) is 1.38. The van der Waals surface area contributed by atoms with Gasteiger partial charge in [-0.3, -0.25) is 14.9 Å². The van der Waals surface area contributed by atoms with Gasteiger partial charge in [-0.1, -0.05) is 15.9 Å². The van der Waals surface area contributed by atoms with Crippen molar-refractivity contribution in [3.05, 3.63) is 33.9 Å². The number of carbonyl (C=O) groups excluding carboxylic acids is 1. The van der Waals surface area contributed by atoms with E-state index in [0.29, 0.717) is 23.5 Å². The van der Waals surface area contributed by atoms with Gasteiger partial charge in [-0.15, -0.1) is 0 Å². The topological polar surface area (TPSA) is 72.7 Å². The smallest absolute Gasteiger partial charge is 0.310 e. The van der Waals surface area contributed by atoms with Gasteiger partial charge in [-0.25, -0.2) is 0 Å². The van der Waals surface area contributed by atoms with Crippen molar-refractivity contribution in [2.75, 3.05) is 20.2 Å². The zero-order valence-electron chi connectivity index (χ0n) is 11.0. The van der Waals surface area contributed by atoms with Crippen molar-refractivity contribution >= 4 is 27.5 Å². The fourth-order valence-electron chi connectivity index (χ4n) is 2.20. The minimum absolute atomic E-state index is 0.108. The third kappa shape index (κ3) is 3.09. The number of nitro benzene ring substituents is 1. The Morgan fingerprint density at radius 1 is 1.45 bits per heavy atom. The van der Waals surface area contributed by atoms with E-state index >= 15 is 0 Å². The lowest BCUT2D eigenvalue weighted by molar-refractivity contribution is -0.385. The number of alkyl halides is 1. The number of rotatable bonds is 3. The number of amides is 1. The van der Waals surface area contributed by atoms with E-state index in [1.165, 1.54) is 25.3 Å². The molecule has 0 atom stereocenters. The number of halogens is 1. The van der Waals surface area contributed by atoms with Gasteiger partial charge in [-0.2, -0.15) is 0 Å². The Kier molecular flexibility index (Phi) is 4.59. The van der Waals surface area contributed by atoms with Gasteiger partial charge in [0, 0.05) is 35.6 Å². The normalized spacial score (nSPS) is 16.0. The van der Waals surface area contributed by atoms with Crippen LogP contribution in [-0.4, -0.2) is 40.8 Å². The Labute approximate surface area is 125 Å². The number of benzene rings is 1. The van der Waals surface area contributed by atoms with Crippen molar-refractivity contribution in [3.63, 3.8) is 0 Å². The first-order chi connectivity index (χ1) is 9.52. The van der Waals surface area contributed by atoms with Crippen molar-refractivity contribution < 1.29 is 14.5 Å². The second-order valence-corrected chi connectivity index (χ2v) is 5.91. The molecule has 1 fully saturated rings. The maximum Gasteiger partial charge on any atom is 0.310 e. The molecule has 0 bridgehead atoms. The van der Waals surface area contributed by atoms with Crippen LogP contribution in [0.2, 0.25) is 0 Å². The van der Waals surface area contributed by atoms with Gasteiger partial charge in [0.1, 0.15) is 0 Å². The molecule has 1 aliphatic rings. The largest absolute Gasteiger partial charge is 0.490 e. The average molecular weight is 343 g/mol. The molecule has 1 aromatic rings. The first kappa shape index (κ1) is 14.8. The van der Waals surface area contributed by atoms with Crippen LogP contribution in [0.3, 0.4) is 0 Å². The summed E-state index contributed by atoms with van der Waals surface area (Å²) in [6, 6.07) is 4.22. The lowest BCUT2D eigenvalue weighted by Gasteiger charge is -2.29. The van der Waals surface area contributed by atoms with Gasteiger partial charge in [0.15, 0.2) is 5.75 Å². The maximum absolute atomic E-state index is 12.3. The molecule has 1 heterocycles. The Morgan fingerprint density at radius 2 is 2.10 bits per heavy atom. The van der Waals surface area contributed by atoms with Crippen LogP contribution in [0.1, 0.15) is 23.2 Å². The molecular weight excluding hydrogens is 328 g/mol. The summed E-state index contributed by atoms with van der Waals surface area (Å²) in [7, 11) is 1.35. The highest BCUT2D eigenvalue weighted by Crippen LogP contribution is 2.28. The summed E-state index contributed by atoms with van der Waals surface area (Å²) >= 11 is 3.54. The summed E-state index contributed by atoms with van der Waals surface area (Å²) in [5.74, 6) is -0.00572. The highest BCUT2D eigenvalue weighted by Gasteiger charge is 2.24. The van der Waals surface area contributed by atoms with Gasteiger partial charge >= 0.3 is 5.69 Å². The number of hydrogen-bond acceptors (Lipinski definition) is 4. The molecule has 0 radical (unpaired) electrons. The Balaban J connectivity index is 2.20. The second-order valence-electron chi connectivity index (χ2n) is 4.61. The molecule has 0 N–H and O–H groups in total. The molecule has 1 amide bonds. The van der Waals surface area contributed by atoms with Crippen LogP contribution in [0.25, 0.3) is 0 Å². The molecule has 0 aromatic heterocycles. The van der Waals surface area contributed by atoms with E-state index < -0.39 is 4.92 Å². The number of methoxy groups -OCH3 is 1. The Hall–Kier alpha value is -1.63. The Bertz CT molecular complexity index is 527. The molecule has 7 heteroatoms. The van der Waals surface area contributed by atoms with Gasteiger partial charge < -0.3 is 9.64 Å². The summed E-state index contributed by atoms with van der Waals surface area (Å²) in [5, 5.41) is 10.8. The standard InChI is InChI=1S/C13H15BrN2O4/c1-20-12-8-9(2-3-11(12)16(18)19)13(17)15-6-4-10(14)5-7-15/h2-3,8,10H,4-7H2,1H3. The molecule has 1 aliphatic heterocycles. The SMILES string of the molecule is COc1cc(C(=O)N2CCC(Br)CC2)ccc1[N+](=O)[O-]. The first-order valence-electron chi connectivity index (χ1n) is 6.28. The fourth-order valence-corrected chi connectivity index (χ4v) is 2.60. The average Bonchev–Trinajstić information content (AvgIpc) is 2.46. The van der Waals surface area contributed by atoms with Crippen LogP contribution in [0, 0.1) is 10.1 Å². The van der Waals surface area contributed by atoms with Crippen LogP contribution in [0.4, 0.5) is 5.69 Å². The van der Waals surface area contributed by atoms with Crippen molar-refractivity contribution in [1.82, 2.24) is 4.90 Å². The molecule has 2 rings (SSSR count). The van der Waals surface area contributed by atoms with Gasteiger partial charge in [0.05, 0.1) is 12.0 Å². The van der Waals surface area contributed by atoms with E-state index in [4.69, 9.17) is 4.74 Å². The number of hydrogen-bond donors (Lipinski definition) is 0. The lowest BCUT2D eigenvalue weighted by atomic mass is 10.1. The van der Waals surface area contributed by atoms with E-state index in [2.05, 4.69) is 15.9 Å². The van der Waals surface area contributed by atoms with E-state index in [1.54, 1.807) is 4.90 Å². The van der Waals surface area contributed by atoms with Crippen molar-refractivity contribution in [2.45, 2.75) is 17.7 Å². The summed E-state index contributed by atoms with van der Waals surface area (Å²) in [5.41, 5.74) is 0.281. The van der Waals surface area contributed by atoms with Crippen LogP contribution in [0.5, 0.6) is 5.75 Å². The Morgan fingerprint density at radius 3 is 2.65 bits per heavy atom. The number of likely N-dealkylation sites (tertiary alicyclic amines) is 1. The predicted octanol–water partition coefficient (Wildman–Crippen LogP) is 2.60. The van der Waals surface area contributed by atoms with Crippen LogP contribution in [0.15, 0.2) is 18.2 Å². The van der Waals surface area contributed by atoms with E-state index in [-0.39, 0.29) is 17.3 Å². The van der Waals surface area contributed by atoms with Crippen molar-refractivity contribution in [1.29, 1.82) is 0 Å². The van der Waals surface area contributed by atoms with Gasteiger partial charge in [-0.05, 0) is 18.9 Å². The molecular formula is C13H15BrN2O4. The molecule has 1 aromatic carbocycles. The van der Waals surface area contributed by atoms with Crippen LogP contribution in [-0.2, 0) is 0 Å². The van der Waals surface area contributed by atoms with Gasteiger partial charge in [0.25, 0.3) is 5.91 Å². The summed E-state index contributed by atoms with van der Waals surface area (Å²) in [6.07, 6.45) is 1.83. The third-order valence-electron chi connectivity index (χ3n) is 3.34. The molecule has 0 saturated carbocycles. The summed E-state index contributed by atoms with van der Waals surface area (Å²) < 4.78 is 4.98. The summed E-state index contributed by atoms with van der Waals surface area (Å²) in [4.78, 5) is 24.9. The molecule has 0 aliphatic carbocycles. The maximum atomic E-state index is 12.3. The molecule has 108 valence electrons. The van der Waals surface area contributed by atoms with Crippen LogP contribution < -0.4 is 4.74 Å². The fraction of sp³-hybridized carbons (Fsp3) is 0.462. The number of ether oxygens (including phenoxy) is 1. The molecule has 0 unspecified atom stereocenters. The second kappa shape index (κ2) is 6.21. The van der Waals surface area contributed by atoms with Gasteiger partial charge in [0.2, 0.25) is 0 Å². The highest BCUT2D eigenvalue weighted by atomic mass is 79.9. The van der Waals surface area contributed by atoms with E-state index in [9.17, 15) is 14.9 Å². The molecule has 0 spiro atoms. The molecule has 20 heavy (non-hydrogen) atoms. The molecule has 6 nitrogen and oxygen atoms in total. The predicted molar refractivity (Wildman–Crippen MR) is 77.5 cm³/mol. The van der Waals surface area contributed by atoms with Crippen molar-refractivity contribution in [2.24, 2.45) is 0 Å². The van der Waals surface area contributed by atoms with Crippen LogP contribution >= 0.6 is 15.9 Å². The zero-order chi connectivity index (χ0) is 14.7. The van der Waals surface area contributed by atoms with E-state index in [1.807, 2.05) is 0 Å². The monoisotopic (exact) mass is 342 g/mol. The third-order valence-corrected chi connectivity index (χ3v) is 4.25. The quantitative estimate of drug-likeness (QED) is 0.480. The molecule has 1 saturated heterocycles. The van der Waals surface area contributed by atoms with E-state index in [0.717, 1.165) is 12.8 Å². The number of piperidine rings is 1. The number of nitro groups is 1. The van der Waals surface area contributed by atoms with Crippen molar-refractivity contribution in [3.8, 4) is 5.75 Å². The minimum Gasteiger partial charge on any atom is -0.490 e. The number of carbonyl (C=O) groups is 1. The highest BCUT2D eigenvalue weighted by molar-refractivity contribution is 9.09. The minimum atomic E-state index is -0.524.